The molecule has 0 spiro atoms. The van der Waals surface area contributed by atoms with Gasteiger partial charge in [0.1, 0.15) is 11.6 Å². The number of halogens is 2. The van der Waals surface area contributed by atoms with Crippen LogP contribution in [0, 0.1) is 11.6 Å². The van der Waals surface area contributed by atoms with Gasteiger partial charge in [-0.05, 0) is 6.42 Å². The van der Waals surface area contributed by atoms with E-state index in [9.17, 15) is 8.78 Å². The van der Waals surface area contributed by atoms with Crippen LogP contribution in [0.3, 0.4) is 0 Å². The van der Waals surface area contributed by atoms with E-state index in [0.29, 0.717) is 6.42 Å². The van der Waals surface area contributed by atoms with Crippen molar-refractivity contribution >= 4 is 0 Å². The predicted octanol–water partition coefficient (Wildman–Crippen LogP) is 2.16. The van der Waals surface area contributed by atoms with Gasteiger partial charge >= 0.3 is 0 Å². The second-order valence-corrected chi connectivity index (χ2v) is 2.91. The van der Waals surface area contributed by atoms with Crippen molar-refractivity contribution in [1.29, 1.82) is 0 Å². The van der Waals surface area contributed by atoms with Gasteiger partial charge in [-0.25, -0.2) is 8.78 Å². The summed E-state index contributed by atoms with van der Waals surface area (Å²) in [6.45, 7) is 1.91. The second kappa shape index (κ2) is 4.28. The number of pyridine rings is 1. The Labute approximate surface area is 75.8 Å². The molecule has 1 heterocycles. The molecule has 0 saturated heterocycles. The molecule has 1 aromatic heterocycles. The summed E-state index contributed by atoms with van der Waals surface area (Å²) in [4.78, 5) is 3.38. The van der Waals surface area contributed by atoms with Crippen LogP contribution in [0.25, 0.3) is 0 Å². The number of nitrogens with zero attached hydrogens (tertiary/aromatic N) is 1. The van der Waals surface area contributed by atoms with Gasteiger partial charge in [0.2, 0.25) is 0 Å². The third-order valence-corrected chi connectivity index (χ3v) is 1.86. The van der Waals surface area contributed by atoms with Gasteiger partial charge in [0.05, 0.1) is 12.4 Å². The summed E-state index contributed by atoms with van der Waals surface area (Å²) in [6, 6.07) is -0.576. The fourth-order valence-electron chi connectivity index (χ4n) is 1.23. The Bertz CT molecular complexity index is 269. The van der Waals surface area contributed by atoms with Crippen LogP contribution in [0.4, 0.5) is 8.78 Å². The molecule has 1 aromatic rings. The van der Waals surface area contributed by atoms with Gasteiger partial charge in [-0.1, -0.05) is 13.3 Å². The predicted molar refractivity (Wildman–Crippen MR) is 46.0 cm³/mol. The molecular formula is C9H12F2N2. The summed E-state index contributed by atoms with van der Waals surface area (Å²) >= 11 is 0. The first-order valence-electron chi connectivity index (χ1n) is 4.21. The van der Waals surface area contributed by atoms with Crippen molar-refractivity contribution in [3.8, 4) is 0 Å². The van der Waals surface area contributed by atoms with E-state index in [1.807, 2.05) is 6.92 Å². The van der Waals surface area contributed by atoms with Gasteiger partial charge in [-0.15, -0.1) is 0 Å². The SMILES string of the molecule is CCCC(N)c1c(F)cncc1F. The van der Waals surface area contributed by atoms with Crippen molar-refractivity contribution < 1.29 is 8.78 Å². The number of aromatic nitrogens is 1. The van der Waals surface area contributed by atoms with Crippen LogP contribution < -0.4 is 5.73 Å². The van der Waals surface area contributed by atoms with Crippen molar-refractivity contribution in [1.82, 2.24) is 4.98 Å². The molecule has 0 amide bonds. The molecule has 0 aliphatic carbocycles. The largest absolute Gasteiger partial charge is 0.324 e. The zero-order valence-corrected chi connectivity index (χ0v) is 7.43. The lowest BCUT2D eigenvalue weighted by molar-refractivity contribution is 0.503. The molecule has 2 nitrogen and oxygen atoms in total. The normalized spacial score (nSPS) is 12.9. The van der Waals surface area contributed by atoms with Crippen LogP contribution in [0.2, 0.25) is 0 Å². The summed E-state index contributed by atoms with van der Waals surface area (Å²) in [6.07, 6.45) is 3.32. The van der Waals surface area contributed by atoms with Crippen LogP contribution >= 0.6 is 0 Å². The fourth-order valence-corrected chi connectivity index (χ4v) is 1.23. The molecule has 0 bridgehead atoms. The minimum absolute atomic E-state index is 0.0585. The zero-order valence-electron chi connectivity index (χ0n) is 7.43. The lowest BCUT2D eigenvalue weighted by Gasteiger charge is -2.11. The lowest BCUT2D eigenvalue weighted by Crippen LogP contribution is -2.14. The third kappa shape index (κ3) is 2.21. The number of hydrogen-bond acceptors (Lipinski definition) is 2. The van der Waals surface area contributed by atoms with Gasteiger partial charge in [0.25, 0.3) is 0 Å². The first-order chi connectivity index (χ1) is 6.16. The molecule has 72 valence electrons. The van der Waals surface area contributed by atoms with Gasteiger partial charge in [0, 0.05) is 11.6 Å². The lowest BCUT2D eigenvalue weighted by atomic mass is 10.0. The summed E-state index contributed by atoms with van der Waals surface area (Å²) in [5.74, 6) is -1.33. The number of rotatable bonds is 3. The summed E-state index contributed by atoms with van der Waals surface area (Å²) in [5.41, 5.74) is 5.54. The van der Waals surface area contributed by atoms with Gasteiger partial charge in [-0.3, -0.25) is 4.98 Å². The molecule has 2 N–H and O–H groups in total. The molecule has 1 rings (SSSR count). The molecule has 0 aliphatic rings. The van der Waals surface area contributed by atoms with Gasteiger partial charge in [0.15, 0.2) is 0 Å². The van der Waals surface area contributed by atoms with Crippen molar-refractivity contribution in [2.45, 2.75) is 25.8 Å². The standard InChI is InChI=1S/C9H12F2N2/c1-2-3-8(12)9-6(10)4-13-5-7(9)11/h4-5,8H,2-3,12H2,1H3. The van der Waals surface area contributed by atoms with Crippen molar-refractivity contribution in [3.05, 3.63) is 29.6 Å². The Hall–Kier alpha value is -1.03. The minimum Gasteiger partial charge on any atom is -0.324 e. The Morgan fingerprint density at radius 1 is 1.38 bits per heavy atom. The maximum Gasteiger partial charge on any atom is 0.149 e. The molecule has 0 saturated carbocycles. The maximum atomic E-state index is 13.0. The van der Waals surface area contributed by atoms with Crippen LogP contribution in [-0.2, 0) is 0 Å². The first-order valence-corrected chi connectivity index (χ1v) is 4.21. The highest BCUT2D eigenvalue weighted by Gasteiger charge is 2.15. The molecule has 4 heteroatoms. The molecular weight excluding hydrogens is 174 g/mol. The van der Waals surface area contributed by atoms with E-state index in [-0.39, 0.29) is 5.56 Å². The van der Waals surface area contributed by atoms with E-state index in [4.69, 9.17) is 5.73 Å². The van der Waals surface area contributed by atoms with Crippen LogP contribution in [0.15, 0.2) is 12.4 Å². The molecule has 1 unspecified atom stereocenters. The van der Waals surface area contributed by atoms with Crippen LogP contribution in [-0.4, -0.2) is 4.98 Å². The minimum atomic E-state index is -0.666. The molecule has 0 fully saturated rings. The van der Waals surface area contributed by atoms with E-state index < -0.39 is 17.7 Å². The first kappa shape index (κ1) is 10.1. The van der Waals surface area contributed by atoms with E-state index >= 15 is 0 Å². The summed E-state index contributed by atoms with van der Waals surface area (Å²) in [7, 11) is 0. The molecule has 1 atom stereocenters. The Kier molecular flexibility index (Phi) is 3.31. The summed E-state index contributed by atoms with van der Waals surface area (Å²) in [5, 5.41) is 0. The van der Waals surface area contributed by atoms with E-state index in [1.165, 1.54) is 0 Å². The Balaban J connectivity index is 2.98. The molecule has 0 aliphatic heterocycles. The average Bonchev–Trinajstić information content (AvgIpc) is 2.04. The fraction of sp³-hybridized carbons (Fsp3) is 0.444. The molecule has 0 aromatic carbocycles. The van der Waals surface area contributed by atoms with Crippen molar-refractivity contribution in [3.63, 3.8) is 0 Å². The topological polar surface area (TPSA) is 38.9 Å². The van der Waals surface area contributed by atoms with Crippen molar-refractivity contribution in [2.75, 3.05) is 0 Å². The molecule has 13 heavy (non-hydrogen) atoms. The third-order valence-electron chi connectivity index (χ3n) is 1.86. The highest BCUT2D eigenvalue weighted by Crippen LogP contribution is 2.20. The van der Waals surface area contributed by atoms with Gasteiger partial charge < -0.3 is 5.73 Å². The zero-order chi connectivity index (χ0) is 9.84. The van der Waals surface area contributed by atoms with E-state index in [0.717, 1.165) is 18.8 Å². The highest BCUT2D eigenvalue weighted by molar-refractivity contribution is 5.18. The van der Waals surface area contributed by atoms with Gasteiger partial charge in [-0.2, -0.15) is 0 Å². The quantitative estimate of drug-likeness (QED) is 0.785. The maximum absolute atomic E-state index is 13.0. The van der Waals surface area contributed by atoms with E-state index in [1.54, 1.807) is 0 Å². The smallest absolute Gasteiger partial charge is 0.149 e. The Morgan fingerprint density at radius 2 is 1.92 bits per heavy atom. The summed E-state index contributed by atoms with van der Waals surface area (Å²) < 4.78 is 26.1. The highest BCUT2D eigenvalue weighted by atomic mass is 19.1. The van der Waals surface area contributed by atoms with Crippen molar-refractivity contribution in [2.24, 2.45) is 5.73 Å². The number of nitrogens with two attached hydrogens (primary N) is 1. The second-order valence-electron chi connectivity index (χ2n) is 2.91. The number of hydrogen-bond donors (Lipinski definition) is 1. The average molecular weight is 186 g/mol. The Morgan fingerprint density at radius 3 is 2.38 bits per heavy atom. The molecule has 0 radical (unpaired) electrons. The van der Waals surface area contributed by atoms with E-state index in [2.05, 4.69) is 4.98 Å². The monoisotopic (exact) mass is 186 g/mol. The van der Waals surface area contributed by atoms with Crippen LogP contribution in [0.5, 0.6) is 0 Å². The van der Waals surface area contributed by atoms with Crippen LogP contribution in [0.1, 0.15) is 31.4 Å².